The second-order valence-electron chi connectivity index (χ2n) is 4.78. The monoisotopic (exact) mass is 278 g/mol. The fraction of sp³-hybridized carbons (Fsp3) is 0.500. The van der Waals surface area contributed by atoms with E-state index in [0.717, 1.165) is 19.4 Å². The van der Waals surface area contributed by atoms with Gasteiger partial charge >= 0.3 is 0 Å². The number of benzene rings is 1. The van der Waals surface area contributed by atoms with Crippen molar-refractivity contribution < 1.29 is 14.5 Å². The first kappa shape index (κ1) is 14.5. The van der Waals surface area contributed by atoms with Gasteiger partial charge in [0.15, 0.2) is 0 Å². The average molecular weight is 278 g/mol. The molecule has 1 aromatic rings. The second kappa shape index (κ2) is 6.47. The number of ether oxygens (including phenoxy) is 1. The van der Waals surface area contributed by atoms with Gasteiger partial charge in [-0.1, -0.05) is 0 Å². The van der Waals surface area contributed by atoms with Crippen molar-refractivity contribution in [1.82, 2.24) is 4.90 Å². The summed E-state index contributed by atoms with van der Waals surface area (Å²) in [6.07, 6.45) is 2.12. The largest absolute Gasteiger partial charge is 0.376 e. The van der Waals surface area contributed by atoms with Crippen LogP contribution in [0.4, 0.5) is 5.69 Å². The van der Waals surface area contributed by atoms with Crippen LogP contribution < -0.4 is 0 Å². The van der Waals surface area contributed by atoms with Gasteiger partial charge in [0.25, 0.3) is 11.6 Å². The minimum absolute atomic E-state index is 0.0104. The highest BCUT2D eigenvalue weighted by Crippen LogP contribution is 2.17. The van der Waals surface area contributed by atoms with Gasteiger partial charge in [0.1, 0.15) is 0 Å². The molecule has 1 unspecified atom stereocenters. The molecule has 0 saturated carbocycles. The van der Waals surface area contributed by atoms with Crippen molar-refractivity contribution in [2.24, 2.45) is 0 Å². The van der Waals surface area contributed by atoms with Gasteiger partial charge in [-0.25, -0.2) is 0 Å². The smallest absolute Gasteiger partial charge is 0.269 e. The zero-order valence-electron chi connectivity index (χ0n) is 11.4. The second-order valence-corrected chi connectivity index (χ2v) is 4.78. The molecule has 1 aliphatic heterocycles. The molecule has 0 spiro atoms. The van der Waals surface area contributed by atoms with Crippen molar-refractivity contribution in [3.05, 3.63) is 39.9 Å². The standard InChI is InChI=1S/C14H18N2O4/c1-2-15(10-13-4-3-9-20-13)14(17)11-5-7-12(8-6-11)16(18)19/h5-8,13H,2-4,9-10H2,1H3. The Morgan fingerprint density at radius 2 is 2.15 bits per heavy atom. The maximum Gasteiger partial charge on any atom is 0.269 e. The van der Waals surface area contributed by atoms with E-state index in [2.05, 4.69) is 0 Å². The maximum absolute atomic E-state index is 12.3. The molecule has 0 N–H and O–H groups in total. The Kier molecular flexibility index (Phi) is 4.68. The summed E-state index contributed by atoms with van der Waals surface area (Å²) < 4.78 is 5.54. The van der Waals surface area contributed by atoms with Crippen molar-refractivity contribution in [1.29, 1.82) is 0 Å². The number of non-ortho nitro benzene ring substituents is 1. The van der Waals surface area contributed by atoms with Gasteiger partial charge in [-0.05, 0) is 31.9 Å². The first-order valence-corrected chi connectivity index (χ1v) is 6.77. The number of carbonyl (C=O) groups excluding carboxylic acids is 1. The lowest BCUT2D eigenvalue weighted by Crippen LogP contribution is -2.37. The van der Waals surface area contributed by atoms with E-state index in [4.69, 9.17) is 4.74 Å². The first-order chi connectivity index (χ1) is 9.61. The highest BCUT2D eigenvalue weighted by atomic mass is 16.6. The zero-order chi connectivity index (χ0) is 14.5. The summed E-state index contributed by atoms with van der Waals surface area (Å²) in [6, 6.07) is 5.71. The van der Waals surface area contributed by atoms with Crippen LogP contribution in [-0.4, -0.2) is 41.5 Å². The number of amides is 1. The van der Waals surface area contributed by atoms with Gasteiger partial charge in [-0.3, -0.25) is 14.9 Å². The van der Waals surface area contributed by atoms with Crippen molar-refractivity contribution in [2.75, 3.05) is 19.7 Å². The third-order valence-electron chi connectivity index (χ3n) is 3.44. The van der Waals surface area contributed by atoms with Crippen LogP contribution in [0, 0.1) is 10.1 Å². The Balaban J connectivity index is 2.05. The molecule has 6 heteroatoms. The summed E-state index contributed by atoms with van der Waals surface area (Å²) >= 11 is 0. The van der Waals surface area contributed by atoms with E-state index in [0.29, 0.717) is 18.7 Å². The lowest BCUT2D eigenvalue weighted by atomic mass is 10.1. The summed E-state index contributed by atoms with van der Waals surface area (Å²) in [5.41, 5.74) is 0.458. The molecule has 0 bridgehead atoms. The fourth-order valence-corrected chi connectivity index (χ4v) is 2.30. The summed E-state index contributed by atoms with van der Waals surface area (Å²) in [5.74, 6) is -0.113. The Hall–Kier alpha value is -1.95. The molecule has 1 fully saturated rings. The number of rotatable bonds is 5. The number of hydrogen-bond acceptors (Lipinski definition) is 4. The lowest BCUT2D eigenvalue weighted by Gasteiger charge is -2.24. The number of hydrogen-bond donors (Lipinski definition) is 0. The molecule has 1 aliphatic rings. The van der Waals surface area contributed by atoms with Gasteiger partial charge in [0.2, 0.25) is 0 Å². The van der Waals surface area contributed by atoms with Crippen molar-refractivity contribution in [3.63, 3.8) is 0 Å². The van der Waals surface area contributed by atoms with E-state index >= 15 is 0 Å². The Bertz CT molecular complexity index is 480. The van der Waals surface area contributed by atoms with E-state index in [9.17, 15) is 14.9 Å². The molecule has 6 nitrogen and oxygen atoms in total. The summed E-state index contributed by atoms with van der Waals surface area (Å²) in [4.78, 5) is 24.2. The molecule has 0 aromatic heterocycles. The quantitative estimate of drug-likeness (QED) is 0.611. The molecular formula is C14H18N2O4. The third kappa shape index (κ3) is 3.33. The molecule has 1 aromatic carbocycles. The number of nitrogens with zero attached hydrogens (tertiary/aromatic N) is 2. The SMILES string of the molecule is CCN(CC1CCCO1)C(=O)c1ccc([N+](=O)[O-])cc1. The first-order valence-electron chi connectivity index (χ1n) is 6.77. The van der Waals surface area contributed by atoms with Crippen molar-refractivity contribution in [2.45, 2.75) is 25.9 Å². The van der Waals surface area contributed by atoms with Gasteiger partial charge < -0.3 is 9.64 Å². The zero-order valence-corrected chi connectivity index (χ0v) is 11.4. The molecule has 2 rings (SSSR count). The number of nitro groups is 1. The van der Waals surface area contributed by atoms with Gasteiger partial charge in [0, 0.05) is 37.4 Å². The topological polar surface area (TPSA) is 72.7 Å². The van der Waals surface area contributed by atoms with Crippen LogP contribution in [0.2, 0.25) is 0 Å². The van der Waals surface area contributed by atoms with Crippen molar-refractivity contribution >= 4 is 11.6 Å². The molecular weight excluding hydrogens is 260 g/mol. The summed E-state index contributed by atoms with van der Waals surface area (Å²) in [7, 11) is 0. The molecule has 0 aliphatic carbocycles. The molecule has 108 valence electrons. The summed E-state index contributed by atoms with van der Waals surface area (Å²) in [5, 5.41) is 10.6. The maximum atomic E-state index is 12.3. The van der Waals surface area contributed by atoms with E-state index in [1.165, 1.54) is 24.3 Å². The molecule has 1 atom stereocenters. The van der Waals surface area contributed by atoms with Crippen LogP contribution in [0.15, 0.2) is 24.3 Å². The minimum Gasteiger partial charge on any atom is -0.376 e. The number of carbonyl (C=O) groups is 1. The van der Waals surface area contributed by atoms with Gasteiger partial charge in [-0.2, -0.15) is 0 Å². The van der Waals surface area contributed by atoms with Gasteiger partial charge in [0.05, 0.1) is 11.0 Å². The van der Waals surface area contributed by atoms with Crippen LogP contribution in [0.5, 0.6) is 0 Å². The Labute approximate surface area is 117 Å². The predicted molar refractivity (Wildman–Crippen MR) is 73.6 cm³/mol. The lowest BCUT2D eigenvalue weighted by molar-refractivity contribution is -0.384. The number of nitro benzene ring substituents is 1. The average Bonchev–Trinajstić information content (AvgIpc) is 2.97. The van der Waals surface area contributed by atoms with Crippen molar-refractivity contribution in [3.8, 4) is 0 Å². The van der Waals surface area contributed by atoms with E-state index < -0.39 is 4.92 Å². The fourth-order valence-electron chi connectivity index (χ4n) is 2.30. The molecule has 0 radical (unpaired) electrons. The van der Waals surface area contributed by atoms with E-state index in [1.807, 2.05) is 6.92 Å². The van der Waals surface area contributed by atoms with E-state index in [1.54, 1.807) is 4.90 Å². The van der Waals surface area contributed by atoms with Crippen LogP contribution in [-0.2, 0) is 4.74 Å². The van der Waals surface area contributed by atoms with Crippen LogP contribution in [0.1, 0.15) is 30.1 Å². The van der Waals surface area contributed by atoms with E-state index in [-0.39, 0.29) is 17.7 Å². The van der Waals surface area contributed by atoms with Crippen LogP contribution in [0.3, 0.4) is 0 Å². The van der Waals surface area contributed by atoms with Gasteiger partial charge in [-0.15, -0.1) is 0 Å². The Morgan fingerprint density at radius 1 is 1.45 bits per heavy atom. The minimum atomic E-state index is -0.474. The predicted octanol–water partition coefficient (Wildman–Crippen LogP) is 2.24. The molecule has 1 saturated heterocycles. The molecule has 20 heavy (non-hydrogen) atoms. The Morgan fingerprint density at radius 3 is 2.65 bits per heavy atom. The highest BCUT2D eigenvalue weighted by molar-refractivity contribution is 5.94. The third-order valence-corrected chi connectivity index (χ3v) is 3.44. The summed E-state index contributed by atoms with van der Waals surface area (Å²) in [6.45, 7) is 3.84. The highest BCUT2D eigenvalue weighted by Gasteiger charge is 2.22. The normalized spacial score (nSPS) is 17.9. The van der Waals surface area contributed by atoms with Crippen LogP contribution >= 0.6 is 0 Å². The number of likely N-dealkylation sites (N-methyl/N-ethyl adjacent to an activating group) is 1. The van der Waals surface area contributed by atoms with Crippen LogP contribution in [0.25, 0.3) is 0 Å². The molecule has 1 amide bonds. The molecule has 1 heterocycles.